The number of benzene rings is 2. The number of hydrogen-bond donors (Lipinski definition) is 2. The van der Waals surface area contributed by atoms with Crippen molar-refractivity contribution in [3.05, 3.63) is 54.1 Å². The minimum atomic E-state index is -4.81. The molecule has 6 nitrogen and oxygen atoms in total. The van der Waals surface area contributed by atoms with Crippen molar-refractivity contribution in [1.29, 1.82) is 0 Å². The van der Waals surface area contributed by atoms with Gasteiger partial charge in [-0.25, -0.2) is 13.2 Å². The average molecular weight is 441 g/mol. The van der Waals surface area contributed by atoms with E-state index in [0.29, 0.717) is 24.8 Å². The number of hydrogen-bond acceptors (Lipinski definition) is 3. The van der Waals surface area contributed by atoms with Crippen LogP contribution in [0.1, 0.15) is 31.2 Å². The van der Waals surface area contributed by atoms with E-state index in [4.69, 9.17) is 0 Å². The SMILES string of the molecule is O=C(Nc1cccc(NS(=O)(=O)c2ccccc2C(F)(F)F)c1)N1CCCCCC1. The second-order valence-electron chi connectivity index (χ2n) is 7.01. The first kappa shape index (κ1) is 21.9. The third-order valence-electron chi connectivity index (χ3n) is 4.74. The number of anilines is 2. The van der Waals surface area contributed by atoms with Gasteiger partial charge in [0.15, 0.2) is 0 Å². The van der Waals surface area contributed by atoms with Crippen molar-refractivity contribution in [3.8, 4) is 0 Å². The highest BCUT2D eigenvalue weighted by molar-refractivity contribution is 7.92. The number of nitrogens with one attached hydrogen (secondary N) is 2. The molecule has 1 heterocycles. The third kappa shape index (κ3) is 5.44. The number of nitrogens with zero attached hydrogens (tertiary/aromatic N) is 1. The first-order valence-corrected chi connectivity index (χ1v) is 11.0. The summed E-state index contributed by atoms with van der Waals surface area (Å²) in [6.07, 6.45) is -0.826. The van der Waals surface area contributed by atoms with Crippen molar-refractivity contribution in [2.45, 2.75) is 36.8 Å². The molecule has 162 valence electrons. The molecular formula is C20H22F3N3O3S. The number of carbonyl (C=O) groups excluding carboxylic acids is 1. The van der Waals surface area contributed by atoms with Gasteiger partial charge in [0.05, 0.1) is 16.1 Å². The van der Waals surface area contributed by atoms with E-state index in [2.05, 4.69) is 10.0 Å². The Morgan fingerprint density at radius 1 is 0.900 bits per heavy atom. The van der Waals surface area contributed by atoms with E-state index in [1.54, 1.807) is 11.0 Å². The molecule has 2 aromatic carbocycles. The Morgan fingerprint density at radius 2 is 1.53 bits per heavy atom. The smallest absolute Gasteiger partial charge is 0.325 e. The maximum Gasteiger partial charge on any atom is 0.417 e. The van der Waals surface area contributed by atoms with Gasteiger partial charge in [0.25, 0.3) is 10.0 Å². The Bertz CT molecular complexity index is 1000. The highest BCUT2D eigenvalue weighted by Gasteiger charge is 2.36. The fraction of sp³-hybridized carbons (Fsp3) is 0.350. The van der Waals surface area contributed by atoms with Crippen LogP contribution in [0.15, 0.2) is 53.4 Å². The standard InChI is InChI=1S/C20H22F3N3O3S/c21-20(22,23)17-10-3-4-11-18(17)30(28,29)25-16-9-7-8-15(14-16)24-19(27)26-12-5-1-2-6-13-26/h3-4,7-11,14,25H,1-2,5-6,12-13H2,(H,24,27). The first-order valence-electron chi connectivity index (χ1n) is 9.52. The summed E-state index contributed by atoms with van der Waals surface area (Å²) in [5, 5.41) is 2.71. The summed E-state index contributed by atoms with van der Waals surface area (Å²) >= 11 is 0. The number of alkyl halides is 3. The molecule has 0 atom stereocenters. The van der Waals surface area contributed by atoms with E-state index in [1.165, 1.54) is 24.3 Å². The number of sulfonamides is 1. The monoisotopic (exact) mass is 441 g/mol. The van der Waals surface area contributed by atoms with E-state index in [-0.39, 0.29) is 11.7 Å². The molecule has 1 aliphatic rings. The molecule has 2 amide bonds. The summed E-state index contributed by atoms with van der Waals surface area (Å²) in [5.74, 6) is 0. The van der Waals surface area contributed by atoms with Crippen LogP contribution < -0.4 is 10.0 Å². The van der Waals surface area contributed by atoms with Gasteiger partial charge in [-0.3, -0.25) is 4.72 Å². The Morgan fingerprint density at radius 3 is 2.20 bits per heavy atom. The predicted octanol–water partition coefficient (Wildman–Crippen LogP) is 4.91. The molecule has 0 aliphatic carbocycles. The van der Waals surface area contributed by atoms with Crippen LogP contribution in [0.5, 0.6) is 0 Å². The number of carbonyl (C=O) groups is 1. The zero-order valence-corrected chi connectivity index (χ0v) is 16.9. The minimum Gasteiger partial charge on any atom is -0.325 e. The fourth-order valence-corrected chi connectivity index (χ4v) is 4.56. The molecular weight excluding hydrogens is 419 g/mol. The molecule has 2 N–H and O–H groups in total. The van der Waals surface area contributed by atoms with E-state index >= 15 is 0 Å². The largest absolute Gasteiger partial charge is 0.417 e. The molecule has 1 fully saturated rings. The first-order chi connectivity index (χ1) is 14.2. The topological polar surface area (TPSA) is 78.5 Å². The quantitative estimate of drug-likeness (QED) is 0.707. The molecule has 0 unspecified atom stereocenters. The Kier molecular flexibility index (Phi) is 6.55. The van der Waals surface area contributed by atoms with Crippen molar-refractivity contribution in [2.75, 3.05) is 23.1 Å². The highest BCUT2D eigenvalue weighted by atomic mass is 32.2. The summed E-state index contributed by atoms with van der Waals surface area (Å²) < 4.78 is 66.9. The number of rotatable bonds is 4. The third-order valence-corrected chi connectivity index (χ3v) is 6.18. The average Bonchev–Trinajstić information content (AvgIpc) is 2.97. The van der Waals surface area contributed by atoms with Crippen LogP contribution >= 0.6 is 0 Å². The molecule has 1 aliphatic heterocycles. The van der Waals surface area contributed by atoms with Crippen LogP contribution in [-0.4, -0.2) is 32.4 Å². The molecule has 0 saturated carbocycles. The van der Waals surface area contributed by atoms with Gasteiger partial charge < -0.3 is 10.2 Å². The van der Waals surface area contributed by atoms with Crippen LogP contribution in [0.4, 0.5) is 29.3 Å². The summed E-state index contributed by atoms with van der Waals surface area (Å²) in [6, 6.07) is 9.52. The summed E-state index contributed by atoms with van der Waals surface area (Å²) in [7, 11) is -4.49. The van der Waals surface area contributed by atoms with Gasteiger partial charge in [-0.05, 0) is 43.2 Å². The Hall–Kier alpha value is -2.75. The van der Waals surface area contributed by atoms with Gasteiger partial charge in [0.2, 0.25) is 0 Å². The maximum atomic E-state index is 13.2. The van der Waals surface area contributed by atoms with Crippen LogP contribution in [0.2, 0.25) is 0 Å². The number of halogens is 3. The van der Waals surface area contributed by atoms with Gasteiger partial charge in [0.1, 0.15) is 0 Å². The molecule has 0 bridgehead atoms. The molecule has 0 radical (unpaired) electrons. The predicted molar refractivity (Wildman–Crippen MR) is 108 cm³/mol. The van der Waals surface area contributed by atoms with Gasteiger partial charge in [0, 0.05) is 18.8 Å². The lowest BCUT2D eigenvalue weighted by Gasteiger charge is -2.21. The van der Waals surface area contributed by atoms with Crippen molar-refractivity contribution < 1.29 is 26.4 Å². The maximum absolute atomic E-state index is 13.2. The van der Waals surface area contributed by atoms with Crippen molar-refractivity contribution >= 4 is 27.4 Å². The molecule has 2 aromatic rings. The fourth-order valence-electron chi connectivity index (χ4n) is 3.28. The second kappa shape index (κ2) is 8.95. The molecule has 3 rings (SSSR count). The van der Waals surface area contributed by atoms with Crippen molar-refractivity contribution in [3.63, 3.8) is 0 Å². The van der Waals surface area contributed by atoms with Gasteiger partial charge >= 0.3 is 12.2 Å². The Balaban J connectivity index is 1.77. The van der Waals surface area contributed by atoms with Crippen molar-refractivity contribution in [2.24, 2.45) is 0 Å². The molecule has 0 spiro atoms. The number of urea groups is 1. The van der Waals surface area contributed by atoms with Crippen molar-refractivity contribution in [1.82, 2.24) is 4.90 Å². The van der Waals surface area contributed by atoms with Gasteiger partial charge in [-0.2, -0.15) is 13.2 Å². The second-order valence-corrected chi connectivity index (χ2v) is 8.66. The zero-order chi connectivity index (χ0) is 21.8. The molecule has 30 heavy (non-hydrogen) atoms. The van der Waals surface area contributed by atoms with Crippen LogP contribution in [0.25, 0.3) is 0 Å². The lowest BCUT2D eigenvalue weighted by molar-refractivity contribution is -0.139. The van der Waals surface area contributed by atoms with Gasteiger partial charge in [-0.15, -0.1) is 0 Å². The summed E-state index contributed by atoms with van der Waals surface area (Å²) in [5.41, 5.74) is -0.864. The van der Waals surface area contributed by atoms with E-state index < -0.39 is 26.7 Å². The summed E-state index contributed by atoms with van der Waals surface area (Å²) in [6.45, 7) is 1.29. The number of amides is 2. The van der Waals surface area contributed by atoms with E-state index in [1.807, 2.05) is 0 Å². The van der Waals surface area contributed by atoms with Crippen LogP contribution in [0, 0.1) is 0 Å². The highest BCUT2D eigenvalue weighted by Crippen LogP contribution is 2.34. The zero-order valence-electron chi connectivity index (χ0n) is 16.1. The molecule has 0 aromatic heterocycles. The van der Waals surface area contributed by atoms with Crippen LogP contribution in [0.3, 0.4) is 0 Å². The molecule has 10 heteroatoms. The molecule has 1 saturated heterocycles. The van der Waals surface area contributed by atoms with Gasteiger partial charge in [-0.1, -0.05) is 31.0 Å². The lowest BCUT2D eigenvalue weighted by atomic mass is 10.2. The summed E-state index contributed by atoms with van der Waals surface area (Å²) in [4.78, 5) is 13.3. The Labute approximate surface area is 173 Å². The lowest BCUT2D eigenvalue weighted by Crippen LogP contribution is -2.35. The number of likely N-dealkylation sites (tertiary alicyclic amines) is 1. The van der Waals surface area contributed by atoms with Crippen LogP contribution in [-0.2, 0) is 16.2 Å². The van der Waals surface area contributed by atoms with E-state index in [0.717, 1.165) is 37.8 Å². The van der Waals surface area contributed by atoms with E-state index in [9.17, 15) is 26.4 Å². The minimum absolute atomic E-state index is 0.0423. The normalized spacial score (nSPS) is 15.4.